The largest absolute Gasteiger partial charge is 0.507 e. The molecule has 2 amide bonds. The first-order valence-corrected chi connectivity index (χ1v) is 11.8. The molecule has 0 fully saturated rings. The molecule has 0 unspecified atom stereocenters. The molecule has 1 aromatic carbocycles. The van der Waals surface area contributed by atoms with Gasteiger partial charge in [0.25, 0.3) is 11.8 Å². The van der Waals surface area contributed by atoms with Gasteiger partial charge >= 0.3 is 0 Å². The molecule has 1 aliphatic rings. The van der Waals surface area contributed by atoms with E-state index in [1.165, 1.54) is 11.3 Å². The molecule has 34 heavy (non-hydrogen) atoms. The van der Waals surface area contributed by atoms with Crippen molar-refractivity contribution in [3.8, 4) is 17.0 Å². The second-order valence-corrected chi connectivity index (χ2v) is 9.53. The number of H-pyrrole nitrogens is 1. The number of nitrogens with zero attached hydrogens (tertiary/aromatic N) is 1. The van der Waals surface area contributed by atoms with Gasteiger partial charge in [0.2, 0.25) is 0 Å². The molecule has 5 rings (SSSR count). The second-order valence-electron chi connectivity index (χ2n) is 8.42. The lowest BCUT2D eigenvalue weighted by Crippen LogP contribution is -2.25. The number of rotatable bonds is 6. The van der Waals surface area contributed by atoms with Crippen molar-refractivity contribution in [3.05, 3.63) is 75.2 Å². The fourth-order valence-corrected chi connectivity index (χ4v) is 5.58. The van der Waals surface area contributed by atoms with Gasteiger partial charge in [-0.3, -0.25) is 14.7 Å². The van der Waals surface area contributed by atoms with Gasteiger partial charge in [-0.1, -0.05) is 6.07 Å². The number of thiophene rings is 1. The highest BCUT2D eigenvalue weighted by molar-refractivity contribution is 7.17. The van der Waals surface area contributed by atoms with Gasteiger partial charge in [0, 0.05) is 10.4 Å². The van der Waals surface area contributed by atoms with Gasteiger partial charge < -0.3 is 20.2 Å². The lowest BCUT2D eigenvalue weighted by Gasteiger charge is -2.08. The minimum absolute atomic E-state index is 0.134. The number of phenols is 1. The smallest absolute Gasteiger partial charge is 0.274 e. The van der Waals surface area contributed by atoms with Gasteiger partial charge in [0.15, 0.2) is 0 Å². The molecule has 4 N–H and O–H groups in total. The Labute approximate surface area is 200 Å². The number of nitrogens with one attached hydrogen (secondary N) is 3. The summed E-state index contributed by atoms with van der Waals surface area (Å²) in [5, 5.41) is 23.7. The van der Waals surface area contributed by atoms with Gasteiger partial charge in [0.1, 0.15) is 22.2 Å². The topological polar surface area (TPSA) is 120 Å². The maximum atomic E-state index is 13.0. The first kappa shape index (κ1) is 22.0. The van der Waals surface area contributed by atoms with Crippen LogP contribution in [-0.2, 0) is 19.4 Å². The fourth-order valence-electron chi connectivity index (χ4n) is 4.30. The summed E-state index contributed by atoms with van der Waals surface area (Å²) in [5.74, 6) is 0.152. The summed E-state index contributed by atoms with van der Waals surface area (Å²) >= 11 is 1.44. The number of hydrogen-bond acceptors (Lipinski definition) is 6. The molecule has 8 nitrogen and oxygen atoms in total. The monoisotopic (exact) mass is 476 g/mol. The summed E-state index contributed by atoms with van der Waals surface area (Å²) in [5.41, 5.74) is 4.51. The van der Waals surface area contributed by atoms with Crippen LogP contribution in [-0.4, -0.2) is 27.1 Å². The van der Waals surface area contributed by atoms with Crippen LogP contribution in [0.1, 0.15) is 54.6 Å². The zero-order chi connectivity index (χ0) is 23.8. The SMILES string of the molecule is Cc1cc(C)c(O)c(-c2cc(C(=O)Nc3sc4c(c3C(=O)NCc3ccco3)CCC4)[nH]n2)c1. The molecule has 4 aromatic rings. The standard InChI is InChI=1S/C25H24N4O4S/c1-13-9-14(2)22(30)17(10-13)18-11-19(29-28-18)23(31)27-25-21(16-6-3-7-20(16)34-25)24(32)26-12-15-5-4-8-33-15/h4-5,8-11,30H,3,6-7,12H2,1-2H3,(H,26,32)(H,27,31)(H,28,29). The number of furan rings is 1. The second kappa shape index (κ2) is 8.83. The molecule has 3 heterocycles. The maximum absolute atomic E-state index is 13.0. The Morgan fingerprint density at radius 1 is 1.21 bits per heavy atom. The number of aromatic amines is 1. The number of phenolic OH excluding ortho intramolecular Hbond substituents is 1. The van der Waals surface area contributed by atoms with Crippen molar-refractivity contribution in [3.63, 3.8) is 0 Å². The Morgan fingerprint density at radius 3 is 2.85 bits per heavy atom. The van der Waals surface area contributed by atoms with E-state index < -0.39 is 5.91 Å². The lowest BCUT2D eigenvalue weighted by molar-refractivity contribution is 0.0948. The molecule has 0 aliphatic heterocycles. The van der Waals surface area contributed by atoms with Crippen LogP contribution in [0.2, 0.25) is 0 Å². The number of benzene rings is 1. The van der Waals surface area contributed by atoms with Crippen molar-refractivity contribution < 1.29 is 19.1 Å². The average molecular weight is 477 g/mol. The zero-order valence-corrected chi connectivity index (χ0v) is 19.6. The minimum atomic E-state index is -0.400. The summed E-state index contributed by atoms with van der Waals surface area (Å²) in [6, 6.07) is 8.87. The summed E-state index contributed by atoms with van der Waals surface area (Å²) < 4.78 is 5.30. The number of fused-ring (bicyclic) bond motifs is 1. The highest BCUT2D eigenvalue weighted by Gasteiger charge is 2.28. The first-order chi connectivity index (χ1) is 16.4. The number of aromatic nitrogens is 2. The van der Waals surface area contributed by atoms with Gasteiger partial charge in [-0.25, -0.2) is 0 Å². The Bertz CT molecular complexity index is 1380. The van der Waals surface area contributed by atoms with E-state index in [9.17, 15) is 14.7 Å². The van der Waals surface area contributed by atoms with Crippen LogP contribution in [0, 0.1) is 13.8 Å². The molecule has 174 valence electrons. The Balaban J connectivity index is 1.38. The Hall–Kier alpha value is -3.85. The van der Waals surface area contributed by atoms with E-state index in [-0.39, 0.29) is 23.9 Å². The zero-order valence-electron chi connectivity index (χ0n) is 18.8. The van der Waals surface area contributed by atoms with E-state index in [0.29, 0.717) is 27.6 Å². The Kier molecular flexibility index (Phi) is 5.70. The van der Waals surface area contributed by atoms with Gasteiger partial charge in [0.05, 0.1) is 24.1 Å². The number of carbonyl (C=O) groups is 2. The summed E-state index contributed by atoms with van der Waals surface area (Å²) in [6.45, 7) is 4.03. The van der Waals surface area contributed by atoms with E-state index in [1.807, 2.05) is 26.0 Å². The van der Waals surface area contributed by atoms with Crippen molar-refractivity contribution in [2.45, 2.75) is 39.7 Å². The molecule has 1 aliphatic carbocycles. The number of hydrogen-bond donors (Lipinski definition) is 4. The van der Waals surface area contributed by atoms with E-state index in [1.54, 1.807) is 24.5 Å². The first-order valence-electron chi connectivity index (χ1n) is 11.0. The number of anilines is 1. The number of amides is 2. The summed E-state index contributed by atoms with van der Waals surface area (Å²) in [4.78, 5) is 27.2. The molecule has 3 aromatic heterocycles. The molecule has 0 atom stereocenters. The predicted octanol–water partition coefficient (Wildman–Crippen LogP) is 4.72. The van der Waals surface area contributed by atoms with Crippen LogP contribution in [0.5, 0.6) is 5.75 Å². The van der Waals surface area contributed by atoms with Crippen LogP contribution >= 0.6 is 11.3 Å². The van der Waals surface area contributed by atoms with Crippen LogP contribution in [0.3, 0.4) is 0 Å². The van der Waals surface area contributed by atoms with Crippen LogP contribution in [0.25, 0.3) is 11.3 Å². The molecule has 0 saturated heterocycles. The van der Waals surface area contributed by atoms with Crippen molar-refractivity contribution in [1.82, 2.24) is 15.5 Å². The number of carbonyl (C=O) groups excluding carboxylic acids is 2. The van der Waals surface area contributed by atoms with E-state index in [4.69, 9.17) is 4.42 Å². The average Bonchev–Trinajstić information content (AvgIpc) is 3.59. The lowest BCUT2D eigenvalue weighted by atomic mass is 10.0. The van der Waals surface area contributed by atoms with E-state index in [2.05, 4.69) is 20.8 Å². The summed E-state index contributed by atoms with van der Waals surface area (Å²) in [6.07, 6.45) is 4.27. The third kappa shape index (κ3) is 4.10. The molecular formula is C25H24N4O4S. The normalized spacial score (nSPS) is 12.5. The maximum Gasteiger partial charge on any atom is 0.274 e. The number of aromatic hydroxyl groups is 1. The van der Waals surface area contributed by atoms with Gasteiger partial charge in [-0.05, 0) is 74.1 Å². The van der Waals surface area contributed by atoms with Crippen LogP contribution < -0.4 is 10.6 Å². The van der Waals surface area contributed by atoms with Crippen molar-refractivity contribution in [2.24, 2.45) is 0 Å². The van der Waals surface area contributed by atoms with E-state index in [0.717, 1.165) is 40.8 Å². The molecule has 0 radical (unpaired) electrons. The van der Waals surface area contributed by atoms with Crippen molar-refractivity contribution >= 4 is 28.2 Å². The van der Waals surface area contributed by atoms with Gasteiger partial charge in [-0.15, -0.1) is 11.3 Å². The van der Waals surface area contributed by atoms with Crippen molar-refractivity contribution in [1.29, 1.82) is 0 Å². The quantitative estimate of drug-likeness (QED) is 0.321. The minimum Gasteiger partial charge on any atom is -0.507 e. The number of aryl methyl sites for hydroxylation is 3. The van der Waals surface area contributed by atoms with Crippen LogP contribution in [0.4, 0.5) is 5.00 Å². The Morgan fingerprint density at radius 2 is 2.06 bits per heavy atom. The van der Waals surface area contributed by atoms with E-state index >= 15 is 0 Å². The fraction of sp³-hybridized carbons (Fsp3) is 0.240. The van der Waals surface area contributed by atoms with Gasteiger partial charge in [-0.2, -0.15) is 5.10 Å². The molecule has 0 spiro atoms. The molecule has 0 bridgehead atoms. The highest BCUT2D eigenvalue weighted by atomic mass is 32.1. The predicted molar refractivity (Wildman–Crippen MR) is 129 cm³/mol. The third-order valence-corrected chi connectivity index (χ3v) is 7.13. The molecular weight excluding hydrogens is 452 g/mol. The highest BCUT2D eigenvalue weighted by Crippen LogP contribution is 2.39. The summed E-state index contributed by atoms with van der Waals surface area (Å²) in [7, 11) is 0. The van der Waals surface area contributed by atoms with Crippen LogP contribution in [0.15, 0.2) is 41.0 Å². The third-order valence-electron chi connectivity index (χ3n) is 5.92. The molecule has 9 heteroatoms. The molecule has 0 saturated carbocycles. The van der Waals surface area contributed by atoms with Crippen molar-refractivity contribution in [2.75, 3.05) is 5.32 Å².